The van der Waals surface area contributed by atoms with Gasteiger partial charge in [-0.15, -0.1) is 10.2 Å². The number of carbonyl (C=O) groups excluding carboxylic acids is 1. The van der Waals surface area contributed by atoms with Gasteiger partial charge in [0.15, 0.2) is 11.6 Å². The van der Waals surface area contributed by atoms with E-state index in [0.717, 1.165) is 5.82 Å². The molecule has 0 radical (unpaired) electrons. The molecule has 138 valence electrons. The van der Waals surface area contributed by atoms with Crippen LogP contribution in [0.25, 0.3) is 0 Å². The number of nitrogens with zero attached hydrogens (tertiary/aromatic N) is 5. The van der Waals surface area contributed by atoms with Gasteiger partial charge in [-0.1, -0.05) is 0 Å². The molecule has 2 aliphatic rings. The molecule has 0 aromatic carbocycles. The van der Waals surface area contributed by atoms with Crippen molar-refractivity contribution >= 4 is 5.91 Å². The molecule has 26 heavy (non-hydrogen) atoms. The predicted molar refractivity (Wildman–Crippen MR) is 90.8 cm³/mol. The minimum absolute atomic E-state index is 0.0481. The summed E-state index contributed by atoms with van der Waals surface area (Å²) in [7, 11) is 0. The summed E-state index contributed by atoms with van der Waals surface area (Å²) in [6.07, 6.45) is 5.13. The normalized spacial score (nSPS) is 19.8. The summed E-state index contributed by atoms with van der Waals surface area (Å²) in [4.78, 5) is 18.4. The smallest absolute Gasteiger partial charge is 0.250 e. The van der Waals surface area contributed by atoms with Gasteiger partial charge in [-0.3, -0.25) is 4.79 Å². The molecule has 1 aliphatic carbocycles. The van der Waals surface area contributed by atoms with Crippen LogP contribution in [0.3, 0.4) is 0 Å². The van der Waals surface area contributed by atoms with Crippen molar-refractivity contribution in [2.24, 2.45) is 5.92 Å². The molecular formula is C18H22FN5O2. The van der Waals surface area contributed by atoms with Crippen LogP contribution in [0.15, 0.2) is 18.3 Å². The minimum atomic E-state index is -0.506. The summed E-state index contributed by atoms with van der Waals surface area (Å²) in [6.45, 7) is 3.38. The molecule has 0 N–H and O–H groups in total. The highest BCUT2D eigenvalue weighted by molar-refractivity contribution is 5.77. The molecular weight excluding hydrogens is 337 g/mol. The van der Waals surface area contributed by atoms with E-state index in [-0.39, 0.29) is 24.4 Å². The van der Waals surface area contributed by atoms with E-state index in [2.05, 4.69) is 22.1 Å². The zero-order valence-corrected chi connectivity index (χ0v) is 14.8. The van der Waals surface area contributed by atoms with E-state index in [1.165, 1.54) is 31.2 Å². The van der Waals surface area contributed by atoms with Crippen molar-refractivity contribution in [1.82, 2.24) is 24.6 Å². The fourth-order valence-electron chi connectivity index (χ4n) is 3.36. The zero-order valence-electron chi connectivity index (χ0n) is 14.8. The second kappa shape index (κ2) is 7.01. The van der Waals surface area contributed by atoms with E-state index in [1.54, 1.807) is 0 Å². The van der Waals surface area contributed by atoms with Gasteiger partial charge < -0.3 is 14.2 Å². The molecule has 8 heteroatoms. The number of rotatable bonds is 5. The highest BCUT2D eigenvalue weighted by Gasteiger charge is 2.31. The third kappa shape index (κ3) is 3.54. The first-order valence-electron chi connectivity index (χ1n) is 9.05. The maximum absolute atomic E-state index is 13.6. The Labute approximate surface area is 151 Å². The molecule has 1 atom stereocenters. The fraction of sp³-hybridized carbons (Fsp3) is 0.556. The molecule has 1 saturated carbocycles. The quantitative estimate of drug-likeness (QED) is 0.816. The topological polar surface area (TPSA) is 73.1 Å². The van der Waals surface area contributed by atoms with Gasteiger partial charge in [-0.25, -0.2) is 9.37 Å². The van der Waals surface area contributed by atoms with Gasteiger partial charge in [0.05, 0.1) is 0 Å². The molecule has 1 aliphatic heterocycles. The second-order valence-corrected chi connectivity index (χ2v) is 7.05. The second-order valence-electron chi connectivity index (χ2n) is 7.05. The number of aromatic nitrogens is 4. The van der Waals surface area contributed by atoms with Crippen molar-refractivity contribution in [2.75, 3.05) is 6.54 Å². The van der Waals surface area contributed by atoms with E-state index in [1.807, 2.05) is 9.47 Å². The third-order valence-electron chi connectivity index (χ3n) is 5.02. The number of carbonyl (C=O) groups is 1. The SMILES string of the molecule is C[C@H]1Cc2nnc(COc3ncccc3F)n2CCN1C(=O)CC1CC1. The Hall–Kier alpha value is -2.51. The molecule has 2 aromatic rings. The van der Waals surface area contributed by atoms with E-state index < -0.39 is 5.82 Å². The van der Waals surface area contributed by atoms with Gasteiger partial charge in [0.2, 0.25) is 5.91 Å². The van der Waals surface area contributed by atoms with E-state index >= 15 is 0 Å². The predicted octanol–water partition coefficient (Wildman–Crippen LogP) is 1.96. The summed E-state index contributed by atoms with van der Waals surface area (Å²) >= 11 is 0. The van der Waals surface area contributed by atoms with Gasteiger partial charge in [0, 0.05) is 38.2 Å². The summed E-state index contributed by atoms with van der Waals surface area (Å²) in [6, 6.07) is 2.91. The van der Waals surface area contributed by atoms with Gasteiger partial charge >= 0.3 is 0 Å². The standard InChI is InChI=1S/C18H22FN5O2/c1-12-9-15-21-22-16(11-26-18-14(19)3-2-6-20-18)24(15)8-7-23(12)17(25)10-13-4-5-13/h2-3,6,12-13H,4-5,7-11H2,1H3/t12-/m0/s1. The lowest BCUT2D eigenvalue weighted by Gasteiger charge is -2.26. The van der Waals surface area contributed by atoms with Crippen LogP contribution in [-0.2, 0) is 24.4 Å². The van der Waals surface area contributed by atoms with Crippen LogP contribution in [-0.4, -0.2) is 43.1 Å². The average Bonchev–Trinajstić information content (AvgIpc) is 3.38. The Morgan fingerprint density at radius 3 is 2.96 bits per heavy atom. The van der Waals surface area contributed by atoms with Crippen LogP contribution in [0, 0.1) is 11.7 Å². The number of halogens is 1. The monoisotopic (exact) mass is 359 g/mol. The number of hydrogen-bond donors (Lipinski definition) is 0. The molecule has 7 nitrogen and oxygen atoms in total. The van der Waals surface area contributed by atoms with Crippen LogP contribution in [0.1, 0.15) is 37.8 Å². The van der Waals surface area contributed by atoms with Crippen LogP contribution in [0.4, 0.5) is 4.39 Å². The van der Waals surface area contributed by atoms with E-state index in [0.29, 0.717) is 37.7 Å². The summed E-state index contributed by atoms with van der Waals surface area (Å²) < 4.78 is 21.1. The Balaban J connectivity index is 1.44. The third-order valence-corrected chi connectivity index (χ3v) is 5.02. The highest BCUT2D eigenvalue weighted by Crippen LogP contribution is 2.33. The number of pyridine rings is 1. The first-order valence-corrected chi connectivity index (χ1v) is 9.05. The number of fused-ring (bicyclic) bond motifs is 1. The maximum atomic E-state index is 13.6. The van der Waals surface area contributed by atoms with Gasteiger partial charge in [-0.2, -0.15) is 0 Å². The Morgan fingerprint density at radius 2 is 2.19 bits per heavy atom. The Kier molecular flexibility index (Phi) is 4.57. The number of hydrogen-bond acceptors (Lipinski definition) is 5. The largest absolute Gasteiger partial charge is 0.467 e. The molecule has 0 bridgehead atoms. The van der Waals surface area contributed by atoms with Gasteiger partial charge in [0.1, 0.15) is 12.4 Å². The lowest BCUT2D eigenvalue weighted by molar-refractivity contribution is -0.133. The van der Waals surface area contributed by atoms with Crippen molar-refractivity contribution in [3.05, 3.63) is 35.8 Å². The zero-order chi connectivity index (χ0) is 18.1. The first-order chi connectivity index (χ1) is 12.6. The van der Waals surface area contributed by atoms with Crippen LogP contribution < -0.4 is 4.74 Å². The lowest BCUT2D eigenvalue weighted by Crippen LogP contribution is -2.40. The molecule has 4 rings (SSSR count). The fourth-order valence-corrected chi connectivity index (χ4v) is 3.36. The number of amides is 1. The van der Waals surface area contributed by atoms with Crippen LogP contribution in [0.5, 0.6) is 5.88 Å². The van der Waals surface area contributed by atoms with E-state index in [4.69, 9.17) is 4.74 Å². The van der Waals surface area contributed by atoms with Gasteiger partial charge in [-0.05, 0) is 37.8 Å². The Bertz CT molecular complexity index is 805. The highest BCUT2D eigenvalue weighted by atomic mass is 19.1. The van der Waals surface area contributed by atoms with E-state index in [9.17, 15) is 9.18 Å². The van der Waals surface area contributed by atoms with Gasteiger partial charge in [0.25, 0.3) is 5.88 Å². The first kappa shape index (κ1) is 16.9. The summed E-state index contributed by atoms with van der Waals surface area (Å²) in [5, 5.41) is 8.43. The molecule has 2 aromatic heterocycles. The van der Waals surface area contributed by atoms with Crippen molar-refractivity contribution in [2.45, 2.75) is 51.8 Å². The summed E-state index contributed by atoms with van der Waals surface area (Å²) in [5.74, 6) is 1.70. The Morgan fingerprint density at radius 1 is 1.35 bits per heavy atom. The molecule has 1 fully saturated rings. The number of ether oxygens (including phenoxy) is 1. The lowest BCUT2D eigenvalue weighted by atomic mass is 10.1. The van der Waals surface area contributed by atoms with Crippen LogP contribution in [0.2, 0.25) is 0 Å². The summed E-state index contributed by atoms with van der Waals surface area (Å²) in [5.41, 5.74) is 0. The van der Waals surface area contributed by atoms with Crippen molar-refractivity contribution < 1.29 is 13.9 Å². The molecule has 3 heterocycles. The maximum Gasteiger partial charge on any atom is 0.250 e. The van der Waals surface area contributed by atoms with Crippen molar-refractivity contribution in [3.8, 4) is 5.88 Å². The molecule has 0 saturated heterocycles. The minimum Gasteiger partial charge on any atom is -0.467 e. The van der Waals surface area contributed by atoms with Crippen molar-refractivity contribution in [3.63, 3.8) is 0 Å². The molecule has 1 amide bonds. The molecule has 0 spiro atoms. The van der Waals surface area contributed by atoms with Crippen molar-refractivity contribution in [1.29, 1.82) is 0 Å². The average molecular weight is 359 g/mol. The van der Waals surface area contributed by atoms with Crippen LogP contribution >= 0.6 is 0 Å². The molecule has 0 unspecified atom stereocenters.